The summed E-state index contributed by atoms with van der Waals surface area (Å²) in [5.41, 5.74) is 0.580. The summed E-state index contributed by atoms with van der Waals surface area (Å²) in [4.78, 5) is 28.0. The van der Waals surface area contributed by atoms with E-state index in [2.05, 4.69) is 19.2 Å². The number of nitrogens with one attached hydrogen (secondary N) is 1. The van der Waals surface area contributed by atoms with E-state index in [4.69, 9.17) is 0 Å². The van der Waals surface area contributed by atoms with Gasteiger partial charge in [-0.1, -0.05) is 19.9 Å². The van der Waals surface area contributed by atoms with Gasteiger partial charge < -0.3 is 10.2 Å². The van der Waals surface area contributed by atoms with E-state index < -0.39 is 10.0 Å². The van der Waals surface area contributed by atoms with Gasteiger partial charge in [0.15, 0.2) is 0 Å². The first kappa shape index (κ1) is 23.9. The summed E-state index contributed by atoms with van der Waals surface area (Å²) in [6, 6.07) is 10.1. The average molecular weight is 490 g/mol. The number of thiophene rings is 1. The predicted molar refractivity (Wildman–Crippen MR) is 130 cm³/mol. The highest BCUT2D eigenvalue weighted by Gasteiger charge is 2.32. The molecule has 1 aromatic carbocycles. The van der Waals surface area contributed by atoms with Crippen LogP contribution in [-0.4, -0.2) is 55.6 Å². The normalized spacial score (nSPS) is 22.8. The molecule has 178 valence electrons. The van der Waals surface area contributed by atoms with Crippen molar-refractivity contribution in [2.45, 2.75) is 38.0 Å². The van der Waals surface area contributed by atoms with Crippen molar-refractivity contribution in [3.8, 4) is 0 Å². The van der Waals surface area contributed by atoms with Crippen molar-refractivity contribution in [3.05, 3.63) is 46.7 Å². The highest BCUT2D eigenvalue weighted by atomic mass is 32.2. The molecule has 1 aromatic heterocycles. The third kappa shape index (κ3) is 5.47. The summed E-state index contributed by atoms with van der Waals surface area (Å²) in [5, 5.41) is 4.79. The number of piperidine rings is 2. The van der Waals surface area contributed by atoms with Crippen LogP contribution in [0.3, 0.4) is 0 Å². The fraction of sp³-hybridized carbons (Fsp3) is 0.500. The van der Waals surface area contributed by atoms with Crippen molar-refractivity contribution in [3.63, 3.8) is 0 Å². The minimum atomic E-state index is -3.54. The van der Waals surface area contributed by atoms with Gasteiger partial charge in [0.1, 0.15) is 0 Å². The number of hydrogen-bond acceptors (Lipinski definition) is 5. The Morgan fingerprint density at radius 1 is 1.00 bits per heavy atom. The van der Waals surface area contributed by atoms with Crippen molar-refractivity contribution in [1.29, 1.82) is 0 Å². The number of nitrogens with zero attached hydrogens (tertiary/aromatic N) is 2. The number of sulfonamides is 1. The van der Waals surface area contributed by atoms with Gasteiger partial charge in [0.05, 0.1) is 9.77 Å². The van der Waals surface area contributed by atoms with E-state index in [1.165, 1.54) is 11.3 Å². The number of likely N-dealkylation sites (tertiary alicyclic amines) is 1. The largest absolute Gasteiger partial charge is 0.338 e. The Morgan fingerprint density at radius 3 is 2.21 bits per heavy atom. The molecule has 33 heavy (non-hydrogen) atoms. The molecule has 2 aliphatic rings. The Labute approximate surface area is 199 Å². The maximum Gasteiger partial charge on any atom is 0.263 e. The molecule has 0 unspecified atom stereocenters. The monoisotopic (exact) mass is 489 g/mol. The van der Waals surface area contributed by atoms with Crippen molar-refractivity contribution >= 4 is 38.9 Å². The van der Waals surface area contributed by atoms with E-state index in [1.807, 2.05) is 17.5 Å². The number of rotatable bonds is 5. The second kappa shape index (κ2) is 9.95. The zero-order valence-electron chi connectivity index (χ0n) is 19.1. The SMILES string of the molecule is C[C@H]1C[C@H](C)CN(S(=O)(=O)c2ccc(NC(=O)C3CCN(C(=O)c4cccs4)CC3)cc2)C1. The van der Waals surface area contributed by atoms with E-state index in [9.17, 15) is 18.0 Å². The number of benzene rings is 1. The molecule has 2 aliphatic heterocycles. The molecule has 2 aromatic rings. The maximum atomic E-state index is 13.0. The minimum absolute atomic E-state index is 0.0261. The Hall–Kier alpha value is -2.23. The quantitative estimate of drug-likeness (QED) is 0.690. The minimum Gasteiger partial charge on any atom is -0.338 e. The second-order valence-electron chi connectivity index (χ2n) is 9.33. The molecular weight excluding hydrogens is 458 g/mol. The molecule has 1 N–H and O–H groups in total. The summed E-state index contributed by atoms with van der Waals surface area (Å²) < 4.78 is 27.6. The average Bonchev–Trinajstić information content (AvgIpc) is 3.33. The van der Waals surface area contributed by atoms with Crippen LogP contribution in [0.1, 0.15) is 42.8 Å². The first-order valence-corrected chi connectivity index (χ1v) is 13.8. The van der Waals surface area contributed by atoms with Gasteiger partial charge in [0.2, 0.25) is 15.9 Å². The number of amides is 2. The first-order chi connectivity index (χ1) is 15.7. The van der Waals surface area contributed by atoms with Crippen molar-refractivity contribution < 1.29 is 18.0 Å². The number of hydrogen-bond donors (Lipinski definition) is 1. The predicted octanol–water partition coefficient (Wildman–Crippen LogP) is 3.91. The van der Waals surface area contributed by atoms with Gasteiger partial charge in [0.25, 0.3) is 5.91 Å². The molecule has 2 atom stereocenters. The Kier molecular flexibility index (Phi) is 7.21. The lowest BCUT2D eigenvalue weighted by molar-refractivity contribution is -0.121. The number of carbonyl (C=O) groups excluding carboxylic acids is 2. The molecule has 0 spiro atoms. The number of anilines is 1. The van der Waals surface area contributed by atoms with Crippen LogP contribution >= 0.6 is 11.3 Å². The molecule has 4 rings (SSSR count). The summed E-state index contributed by atoms with van der Waals surface area (Å²) >= 11 is 1.43. The fourth-order valence-corrected chi connectivity index (χ4v) is 7.18. The molecule has 2 amide bonds. The van der Waals surface area contributed by atoms with E-state index >= 15 is 0 Å². The fourth-order valence-electron chi connectivity index (χ4n) is 4.81. The molecule has 0 bridgehead atoms. The third-order valence-electron chi connectivity index (χ3n) is 6.48. The summed E-state index contributed by atoms with van der Waals surface area (Å²) in [6.07, 6.45) is 2.26. The van der Waals surface area contributed by atoms with Crippen molar-refractivity contribution in [2.75, 3.05) is 31.5 Å². The molecule has 9 heteroatoms. The topological polar surface area (TPSA) is 86.8 Å². The van der Waals surface area contributed by atoms with Crippen molar-refractivity contribution in [1.82, 2.24) is 9.21 Å². The summed E-state index contributed by atoms with van der Waals surface area (Å²) in [7, 11) is -3.54. The van der Waals surface area contributed by atoms with Crippen LogP contribution in [0.25, 0.3) is 0 Å². The third-order valence-corrected chi connectivity index (χ3v) is 9.18. The van der Waals surface area contributed by atoms with Crippen LogP contribution in [0.5, 0.6) is 0 Å². The van der Waals surface area contributed by atoms with Gasteiger partial charge in [-0.25, -0.2) is 8.42 Å². The van der Waals surface area contributed by atoms with E-state index in [1.54, 1.807) is 33.5 Å². The van der Waals surface area contributed by atoms with Gasteiger partial charge in [-0.15, -0.1) is 11.3 Å². The van der Waals surface area contributed by atoms with Gasteiger partial charge in [-0.05, 0) is 66.8 Å². The van der Waals surface area contributed by atoms with E-state index in [-0.39, 0.29) is 22.6 Å². The molecule has 2 saturated heterocycles. The Bertz CT molecular complexity index is 1070. The summed E-state index contributed by atoms with van der Waals surface area (Å²) in [6.45, 7) is 6.35. The lowest BCUT2D eigenvalue weighted by atomic mass is 9.94. The molecule has 7 nitrogen and oxygen atoms in total. The molecule has 3 heterocycles. The summed E-state index contributed by atoms with van der Waals surface area (Å²) in [5.74, 6) is 0.450. The molecular formula is C24H31N3O4S2. The highest BCUT2D eigenvalue weighted by Crippen LogP contribution is 2.28. The van der Waals surface area contributed by atoms with E-state index in [0.29, 0.717) is 56.5 Å². The second-order valence-corrected chi connectivity index (χ2v) is 12.2. The smallest absolute Gasteiger partial charge is 0.263 e. The van der Waals surface area contributed by atoms with E-state index in [0.717, 1.165) is 11.3 Å². The first-order valence-electron chi connectivity index (χ1n) is 11.5. The molecule has 0 radical (unpaired) electrons. The molecule has 0 aliphatic carbocycles. The van der Waals surface area contributed by atoms with Crippen LogP contribution in [0, 0.1) is 17.8 Å². The Morgan fingerprint density at radius 2 is 1.64 bits per heavy atom. The van der Waals surface area contributed by atoms with Gasteiger partial charge in [0, 0.05) is 37.8 Å². The van der Waals surface area contributed by atoms with Crippen LogP contribution < -0.4 is 5.32 Å². The Balaban J connectivity index is 1.33. The number of carbonyl (C=O) groups is 2. The highest BCUT2D eigenvalue weighted by molar-refractivity contribution is 7.89. The van der Waals surface area contributed by atoms with Gasteiger partial charge in [-0.2, -0.15) is 4.31 Å². The van der Waals surface area contributed by atoms with Crippen LogP contribution in [0.15, 0.2) is 46.7 Å². The van der Waals surface area contributed by atoms with Crippen molar-refractivity contribution in [2.24, 2.45) is 17.8 Å². The zero-order valence-corrected chi connectivity index (χ0v) is 20.7. The zero-order chi connectivity index (χ0) is 23.6. The van der Waals surface area contributed by atoms with Crippen LogP contribution in [0.2, 0.25) is 0 Å². The van der Waals surface area contributed by atoms with Crippen LogP contribution in [-0.2, 0) is 14.8 Å². The van der Waals surface area contributed by atoms with Gasteiger partial charge in [-0.3, -0.25) is 9.59 Å². The lowest BCUT2D eigenvalue weighted by Gasteiger charge is -2.34. The van der Waals surface area contributed by atoms with Gasteiger partial charge >= 0.3 is 0 Å². The molecule has 2 fully saturated rings. The molecule has 0 saturated carbocycles. The lowest BCUT2D eigenvalue weighted by Crippen LogP contribution is -2.42. The maximum absolute atomic E-state index is 13.0. The van der Waals surface area contributed by atoms with Crippen LogP contribution in [0.4, 0.5) is 5.69 Å². The standard InChI is InChI=1S/C24H31N3O4S2/c1-17-14-18(2)16-27(15-17)33(30,31)21-7-5-20(6-8-21)25-23(28)19-9-11-26(12-10-19)24(29)22-4-3-13-32-22/h3-8,13,17-19H,9-12,14-16H2,1-2H3,(H,25,28)/t17-,18-/m0/s1.